The van der Waals surface area contributed by atoms with Gasteiger partial charge in [0.1, 0.15) is 0 Å². The summed E-state index contributed by atoms with van der Waals surface area (Å²) in [5.74, 6) is 0.595. The van der Waals surface area contributed by atoms with Crippen molar-refractivity contribution >= 4 is 12.4 Å². The molecule has 1 saturated heterocycles. The molecule has 0 aromatic heterocycles. The first-order valence-corrected chi connectivity index (χ1v) is 10.9. The minimum Gasteiger partial charge on any atom is -0.380 e. The van der Waals surface area contributed by atoms with Crippen molar-refractivity contribution in [3.8, 4) is 0 Å². The number of halogens is 1. The van der Waals surface area contributed by atoms with Crippen molar-refractivity contribution in [2.75, 3.05) is 19.8 Å². The van der Waals surface area contributed by atoms with Gasteiger partial charge < -0.3 is 10.1 Å². The maximum atomic E-state index is 5.88. The Morgan fingerprint density at radius 2 is 1.81 bits per heavy atom. The lowest BCUT2D eigenvalue weighted by molar-refractivity contribution is 0.110. The minimum absolute atomic E-state index is 0. The van der Waals surface area contributed by atoms with Crippen molar-refractivity contribution < 1.29 is 4.74 Å². The third-order valence-electron chi connectivity index (χ3n) is 5.57. The number of hydrogen-bond acceptors (Lipinski definition) is 2. The molecule has 27 heavy (non-hydrogen) atoms. The Morgan fingerprint density at radius 1 is 1.07 bits per heavy atom. The van der Waals surface area contributed by atoms with Gasteiger partial charge in [-0.25, -0.2) is 0 Å². The quantitative estimate of drug-likeness (QED) is 0.290. The molecular weight excluding hydrogens is 354 g/mol. The first-order valence-electron chi connectivity index (χ1n) is 10.9. The van der Waals surface area contributed by atoms with E-state index in [4.69, 9.17) is 4.74 Å². The monoisotopic (exact) mass is 393 g/mol. The van der Waals surface area contributed by atoms with E-state index < -0.39 is 0 Å². The van der Waals surface area contributed by atoms with Gasteiger partial charge in [0.15, 0.2) is 0 Å². The van der Waals surface area contributed by atoms with E-state index in [1.54, 1.807) is 0 Å². The lowest BCUT2D eigenvalue weighted by Gasteiger charge is -2.20. The van der Waals surface area contributed by atoms with Crippen molar-refractivity contribution in [3.05, 3.63) is 48.0 Å². The molecular formula is C24H40ClNO. The molecule has 1 aromatic carbocycles. The highest BCUT2D eigenvalue weighted by Crippen LogP contribution is 2.28. The van der Waals surface area contributed by atoms with E-state index in [0.29, 0.717) is 12.0 Å². The van der Waals surface area contributed by atoms with Gasteiger partial charge in [-0.15, -0.1) is 19.0 Å². The van der Waals surface area contributed by atoms with Crippen LogP contribution in [0.1, 0.15) is 81.8 Å². The summed E-state index contributed by atoms with van der Waals surface area (Å²) in [7, 11) is 0. The van der Waals surface area contributed by atoms with Crippen molar-refractivity contribution in [1.82, 2.24) is 5.32 Å². The average Bonchev–Trinajstić information content (AvgIpc) is 3.13. The van der Waals surface area contributed by atoms with Gasteiger partial charge in [0, 0.05) is 18.6 Å². The molecule has 1 heterocycles. The zero-order valence-electron chi connectivity index (χ0n) is 17.3. The van der Waals surface area contributed by atoms with Crippen LogP contribution in [0.4, 0.5) is 0 Å². The number of allylic oxidation sites excluding steroid dienone is 1. The van der Waals surface area contributed by atoms with Crippen LogP contribution in [-0.4, -0.2) is 25.8 Å². The predicted molar refractivity (Wildman–Crippen MR) is 120 cm³/mol. The minimum atomic E-state index is 0. The maximum absolute atomic E-state index is 5.88. The van der Waals surface area contributed by atoms with Gasteiger partial charge in [-0.05, 0) is 49.8 Å². The van der Waals surface area contributed by atoms with Crippen LogP contribution < -0.4 is 5.32 Å². The van der Waals surface area contributed by atoms with E-state index in [-0.39, 0.29) is 12.4 Å². The Hall–Kier alpha value is -0.830. The Kier molecular flexibility index (Phi) is 13.6. The van der Waals surface area contributed by atoms with E-state index >= 15 is 0 Å². The van der Waals surface area contributed by atoms with Crippen LogP contribution in [0.25, 0.3) is 0 Å². The molecule has 0 bridgehead atoms. The van der Waals surface area contributed by atoms with E-state index in [9.17, 15) is 0 Å². The van der Waals surface area contributed by atoms with Crippen LogP contribution in [0.5, 0.6) is 0 Å². The fourth-order valence-electron chi connectivity index (χ4n) is 3.92. The molecule has 0 unspecified atom stereocenters. The fourth-order valence-corrected chi connectivity index (χ4v) is 3.92. The van der Waals surface area contributed by atoms with Gasteiger partial charge in [0.05, 0.1) is 6.61 Å². The summed E-state index contributed by atoms with van der Waals surface area (Å²) in [4.78, 5) is 0. The van der Waals surface area contributed by atoms with Crippen molar-refractivity contribution in [2.45, 2.75) is 83.1 Å². The topological polar surface area (TPSA) is 21.3 Å². The lowest BCUT2D eigenvalue weighted by Crippen LogP contribution is -2.31. The van der Waals surface area contributed by atoms with Crippen molar-refractivity contribution in [2.24, 2.45) is 0 Å². The van der Waals surface area contributed by atoms with Crippen LogP contribution >= 0.6 is 12.4 Å². The zero-order chi connectivity index (χ0) is 18.5. The number of aryl methyl sites for hydroxylation is 1. The fraction of sp³-hybridized carbons (Fsp3) is 0.667. The predicted octanol–water partition coefficient (Wildman–Crippen LogP) is 6.44. The van der Waals surface area contributed by atoms with Crippen molar-refractivity contribution in [3.63, 3.8) is 0 Å². The third kappa shape index (κ3) is 9.27. The van der Waals surface area contributed by atoms with E-state index in [1.807, 2.05) is 6.08 Å². The molecule has 2 atom stereocenters. The summed E-state index contributed by atoms with van der Waals surface area (Å²) >= 11 is 0. The summed E-state index contributed by atoms with van der Waals surface area (Å²) in [5, 5.41) is 3.62. The Labute approximate surface area is 173 Å². The summed E-state index contributed by atoms with van der Waals surface area (Å²) in [5.41, 5.74) is 2.97. The van der Waals surface area contributed by atoms with Crippen LogP contribution in [0, 0.1) is 0 Å². The maximum Gasteiger partial charge on any atom is 0.0625 e. The SMILES string of the molecule is C=CCCCOC[C@H]1NCC[C@@H]1c1ccc(CCCCCCCC)cc1.Cl. The van der Waals surface area contributed by atoms with Gasteiger partial charge in [-0.1, -0.05) is 69.4 Å². The molecule has 0 spiro atoms. The number of benzene rings is 1. The van der Waals surface area contributed by atoms with Crippen molar-refractivity contribution in [1.29, 1.82) is 0 Å². The summed E-state index contributed by atoms with van der Waals surface area (Å²) < 4.78 is 5.88. The average molecular weight is 394 g/mol. The molecule has 1 aliphatic heterocycles. The molecule has 1 fully saturated rings. The molecule has 1 aromatic rings. The first kappa shape index (κ1) is 24.2. The second-order valence-corrected chi connectivity index (χ2v) is 7.72. The van der Waals surface area contributed by atoms with Gasteiger partial charge >= 0.3 is 0 Å². The lowest BCUT2D eigenvalue weighted by atomic mass is 9.91. The Morgan fingerprint density at radius 3 is 2.56 bits per heavy atom. The Bertz CT molecular complexity index is 488. The normalized spacial score (nSPS) is 19.0. The van der Waals surface area contributed by atoms with Crippen LogP contribution in [-0.2, 0) is 11.2 Å². The number of hydrogen-bond donors (Lipinski definition) is 1. The highest BCUT2D eigenvalue weighted by Gasteiger charge is 2.28. The molecule has 2 nitrogen and oxygen atoms in total. The number of ether oxygens (including phenoxy) is 1. The van der Waals surface area contributed by atoms with E-state index in [0.717, 1.165) is 32.6 Å². The summed E-state index contributed by atoms with van der Waals surface area (Å²) in [6, 6.07) is 9.87. The van der Waals surface area contributed by atoms with Gasteiger partial charge in [0.2, 0.25) is 0 Å². The first-order chi connectivity index (χ1) is 12.8. The molecule has 154 valence electrons. The molecule has 2 rings (SSSR count). The van der Waals surface area contributed by atoms with E-state index in [1.165, 1.54) is 62.5 Å². The zero-order valence-corrected chi connectivity index (χ0v) is 18.1. The van der Waals surface area contributed by atoms with Crippen LogP contribution in [0.3, 0.4) is 0 Å². The molecule has 0 radical (unpaired) electrons. The van der Waals surface area contributed by atoms with E-state index in [2.05, 4.69) is 43.1 Å². The summed E-state index contributed by atoms with van der Waals surface area (Å²) in [6.45, 7) is 8.80. The van der Waals surface area contributed by atoms with Gasteiger partial charge in [0.25, 0.3) is 0 Å². The molecule has 0 saturated carbocycles. The van der Waals surface area contributed by atoms with Crippen LogP contribution in [0.2, 0.25) is 0 Å². The third-order valence-corrected chi connectivity index (χ3v) is 5.57. The molecule has 1 aliphatic rings. The molecule has 1 N–H and O–H groups in total. The number of rotatable bonds is 14. The second kappa shape index (κ2) is 15.1. The highest BCUT2D eigenvalue weighted by atomic mass is 35.5. The van der Waals surface area contributed by atoms with Gasteiger partial charge in [-0.2, -0.15) is 0 Å². The smallest absolute Gasteiger partial charge is 0.0625 e. The second-order valence-electron chi connectivity index (χ2n) is 7.72. The van der Waals surface area contributed by atoms with Crippen LogP contribution in [0.15, 0.2) is 36.9 Å². The molecule has 0 amide bonds. The standard InChI is InChI=1S/C24H39NO.ClH/c1-3-5-7-8-9-10-12-21-13-15-22(16-14-21)23-17-18-25-24(23)20-26-19-11-6-4-2;/h4,13-16,23-25H,2-3,5-12,17-20H2,1H3;1H/t23-,24-;/m1./s1. The molecule has 0 aliphatic carbocycles. The highest BCUT2D eigenvalue weighted by molar-refractivity contribution is 5.85. The Balaban J connectivity index is 0.00000364. The number of nitrogens with one attached hydrogen (secondary N) is 1. The van der Waals surface area contributed by atoms with Gasteiger partial charge in [-0.3, -0.25) is 0 Å². The largest absolute Gasteiger partial charge is 0.380 e. The number of unbranched alkanes of at least 4 members (excludes halogenated alkanes) is 6. The summed E-state index contributed by atoms with van der Waals surface area (Å²) in [6.07, 6.45) is 14.8. The molecule has 3 heteroatoms.